The fourth-order valence-electron chi connectivity index (χ4n) is 4.28. The number of benzene rings is 1. The molecule has 0 spiro atoms. The molecule has 0 aliphatic carbocycles. The van der Waals surface area contributed by atoms with Gasteiger partial charge < -0.3 is 16.4 Å². The Morgan fingerprint density at radius 1 is 1.12 bits per heavy atom. The standard InChI is InChI=1S/C21H29N5/c22-21-8-4-7-18(25-21)11-17-12-23-13-20(17)24-19-9-10-26(15-19)14-16-5-2-1-3-6-16/h1-8,17,19-20,23-24H,9-15H2,(H2,22,25)/t17-,19-,20+/m1/s1. The zero-order valence-electron chi connectivity index (χ0n) is 15.3. The Balaban J connectivity index is 1.29. The molecule has 2 aliphatic rings. The minimum atomic E-state index is 0.514. The molecule has 5 nitrogen and oxygen atoms in total. The number of nitrogen functional groups attached to an aromatic ring is 1. The van der Waals surface area contributed by atoms with Gasteiger partial charge in [-0.2, -0.15) is 0 Å². The first-order valence-corrected chi connectivity index (χ1v) is 9.71. The summed E-state index contributed by atoms with van der Waals surface area (Å²) in [7, 11) is 0. The molecule has 4 rings (SSSR count). The molecule has 138 valence electrons. The van der Waals surface area contributed by atoms with Gasteiger partial charge in [-0.05, 0) is 43.0 Å². The van der Waals surface area contributed by atoms with Crippen molar-refractivity contribution >= 4 is 5.82 Å². The molecule has 0 amide bonds. The molecule has 26 heavy (non-hydrogen) atoms. The lowest BCUT2D eigenvalue weighted by molar-refractivity contribution is 0.307. The fraction of sp³-hybridized carbons (Fsp3) is 0.476. The number of hydrogen-bond acceptors (Lipinski definition) is 5. The van der Waals surface area contributed by atoms with Crippen molar-refractivity contribution in [1.82, 2.24) is 20.5 Å². The highest BCUT2D eigenvalue weighted by atomic mass is 15.2. The normalized spacial score (nSPS) is 26.4. The van der Waals surface area contributed by atoms with Gasteiger partial charge in [-0.15, -0.1) is 0 Å². The Morgan fingerprint density at radius 2 is 2.00 bits per heavy atom. The third-order valence-electron chi connectivity index (χ3n) is 5.61. The van der Waals surface area contributed by atoms with Crippen molar-refractivity contribution in [2.75, 3.05) is 31.9 Å². The van der Waals surface area contributed by atoms with Gasteiger partial charge in [0.1, 0.15) is 5.82 Å². The van der Waals surface area contributed by atoms with Crippen LogP contribution in [-0.2, 0) is 13.0 Å². The number of nitrogens with one attached hydrogen (secondary N) is 2. The average molecular weight is 351 g/mol. The molecular weight excluding hydrogens is 322 g/mol. The van der Waals surface area contributed by atoms with Crippen molar-refractivity contribution < 1.29 is 0 Å². The number of pyridine rings is 1. The number of nitrogens with zero attached hydrogens (tertiary/aromatic N) is 2. The average Bonchev–Trinajstić information content (AvgIpc) is 3.26. The second kappa shape index (κ2) is 8.16. The van der Waals surface area contributed by atoms with Gasteiger partial charge in [-0.3, -0.25) is 4.90 Å². The Labute approximate surface area is 156 Å². The van der Waals surface area contributed by atoms with E-state index in [-0.39, 0.29) is 0 Å². The summed E-state index contributed by atoms with van der Waals surface area (Å²) in [6.45, 7) is 5.46. The summed E-state index contributed by atoms with van der Waals surface area (Å²) in [5.41, 5.74) is 8.33. The van der Waals surface area contributed by atoms with Gasteiger partial charge in [0.05, 0.1) is 0 Å². The second-order valence-electron chi connectivity index (χ2n) is 7.66. The summed E-state index contributed by atoms with van der Waals surface area (Å²) < 4.78 is 0. The van der Waals surface area contributed by atoms with Gasteiger partial charge in [0, 0.05) is 44.0 Å². The molecule has 3 heterocycles. The molecule has 2 aliphatic heterocycles. The predicted octanol–water partition coefficient (Wildman–Crippen LogP) is 1.66. The molecule has 5 heteroatoms. The van der Waals surface area contributed by atoms with Crippen molar-refractivity contribution in [3.05, 3.63) is 59.8 Å². The molecule has 0 bridgehead atoms. The van der Waals surface area contributed by atoms with E-state index >= 15 is 0 Å². The molecule has 0 radical (unpaired) electrons. The van der Waals surface area contributed by atoms with Gasteiger partial charge in [0.25, 0.3) is 0 Å². The van der Waals surface area contributed by atoms with Crippen molar-refractivity contribution in [1.29, 1.82) is 0 Å². The van der Waals surface area contributed by atoms with Crippen LogP contribution in [0.5, 0.6) is 0 Å². The number of rotatable bonds is 6. The van der Waals surface area contributed by atoms with Crippen LogP contribution in [0.4, 0.5) is 5.82 Å². The molecule has 2 fully saturated rings. The second-order valence-corrected chi connectivity index (χ2v) is 7.66. The number of aromatic nitrogens is 1. The first-order valence-electron chi connectivity index (χ1n) is 9.71. The third kappa shape index (κ3) is 4.41. The first-order chi connectivity index (χ1) is 12.8. The van der Waals surface area contributed by atoms with E-state index in [9.17, 15) is 0 Å². The topological polar surface area (TPSA) is 66.2 Å². The van der Waals surface area contributed by atoms with Crippen LogP contribution < -0.4 is 16.4 Å². The van der Waals surface area contributed by atoms with Gasteiger partial charge in [0.15, 0.2) is 0 Å². The molecule has 0 unspecified atom stereocenters. The first kappa shape index (κ1) is 17.5. The zero-order valence-corrected chi connectivity index (χ0v) is 15.3. The summed E-state index contributed by atoms with van der Waals surface area (Å²) in [6.07, 6.45) is 2.21. The van der Waals surface area contributed by atoms with Gasteiger partial charge in [-0.1, -0.05) is 36.4 Å². The van der Waals surface area contributed by atoms with E-state index in [1.165, 1.54) is 18.5 Å². The van der Waals surface area contributed by atoms with E-state index in [0.717, 1.165) is 38.3 Å². The van der Waals surface area contributed by atoms with Crippen molar-refractivity contribution in [3.63, 3.8) is 0 Å². The Kier molecular flexibility index (Phi) is 5.48. The Hall–Kier alpha value is -1.95. The van der Waals surface area contributed by atoms with Crippen LogP contribution in [0.15, 0.2) is 48.5 Å². The minimum Gasteiger partial charge on any atom is -0.384 e. The van der Waals surface area contributed by atoms with E-state index in [4.69, 9.17) is 5.73 Å². The van der Waals surface area contributed by atoms with Crippen molar-refractivity contribution in [3.8, 4) is 0 Å². The van der Waals surface area contributed by atoms with Gasteiger partial charge in [0.2, 0.25) is 0 Å². The molecular formula is C21H29N5. The maximum atomic E-state index is 5.83. The SMILES string of the molecule is Nc1cccc(C[C@@H]2CNC[C@@H]2N[C@@H]2CCN(Cc3ccccc3)C2)n1. The number of likely N-dealkylation sites (tertiary alicyclic amines) is 1. The summed E-state index contributed by atoms with van der Waals surface area (Å²) in [4.78, 5) is 7.04. The molecule has 2 saturated heterocycles. The highest BCUT2D eigenvalue weighted by Gasteiger charge is 2.31. The van der Waals surface area contributed by atoms with E-state index in [1.807, 2.05) is 12.1 Å². The summed E-state index contributed by atoms with van der Waals surface area (Å²) in [6, 6.07) is 17.8. The largest absolute Gasteiger partial charge is 0.384 e. The zero-order chi connectivity index (χ0) is 17.8. The van der Waals surface area contributed by atoms with Crippen LogP contribution in [0, 0.1) is 5.92 Å². The third-order valence-corrected chi connectivity index (χ3v) is 5.61. The lowest BCUT2D eigenvalue weighted by Gasteiger charge is -2.24. The van der Waals surface area contributed by atoms with Crippen LogP contribution >= 0.6 is 0 Å². The van der Waals surface area contributed by atoms with Gasteiger partial charge >= 0.3 is 0 Å². The molecule has 0 saturated carbocycles. The molecule has 2 aromatic rings. The number of anilines is 1. The van der Waals surface area contributed by atoms with E-state index in [1.54, 1.807) is 0 Å². The van der Waals surface area contributed by atoms with E-state index < -0.39 is 0 Å². The highest BCUT2D eigenvalue weighted by Crippen LogP contribution is 2.19. The van der Waals surface area contributed by atoms with Crippen LogP contribution in [-0.4, -0.2) is 48.1 Å². The smallest absolute Gasteiger partial charge is 0.123 e. The van der Waals surface area contributed by atoms with Crippen LogP contribution in [0.3, 0.4) is 0 Å². The van der Waals surface area contributed by atoms with Crippen LogP contribution in [0.1, 0.15) is 17.7 Å². The van der Waals surface area contributed by atoms with Crippen LogP contribution in [0.25, 0.3) is 0 Å². The number of nitrogens with two attached hydrogens (primary N) is 1. The molecule has 1 aromatic carbocycles. The van der Waals surface area contributed by atoms with Crippen LogP contribution in [0.2, 0.25) is 0 Å². The quantitative estimate of drug-likeness (QED) is 0.739. The fourth-order valence-corrected chi connectivity index (χ4v) is 4.28. The van der Waals surface area contributed by atoms with E-state index in [0.29, 0.717) is 23.8 Å². The molecule has 1 aromatic heterocycles. The Bertz CT molecular complexity index is 705. The summed E-state index contributed by atoms with van der Waals surface area (Å²) in [5, 5.41) is 7.46. The maximum Gasteiger partial charge on any atom is 0.123 e. The van der Waals surface area contributed by atoms with Crippen molar-refractivity contribution in [2.24, 2.45) is 5.92 Å². The van der Waals surface area contributed by atoms with Gasteiger partial charge in [-0.25, -0.2) is 4.98 Å². The Morgan fingerprint density at radius 3 is 2.85 bits per heavy atom. The monoisotopic (exact) mass is 351 g/mol. The summed E-state index contributed by atoms with van der Waals surface area (Å²) >= 11 is 0. The lowest BCUT2D eigenvalue weighted by Crippen LogP contribution is -2.44. The summed E-state index contributed by atoms with van der Waals surface area (Å²) in [5.74, 6) is 1.19. The minimum absolute atomic E-state index is 0.514. The lowest BCUT2D eigenvalue weighted by atomic mass is 9.96. The maximum absolute atomic E-state index is 5.83. The molecule has 3 atom stereocenters. The predicted molar refractivity (Wildman–Crippen MR) is 106 cm³/mol. The number of hydrogen-bond donors (Lipinski definition) is 3. The highest BCUT2D eigenvalue weighted by molar-refractivity contribution is 5.29. The molecule has 4 N–H and O–H groups in total. The van der Waals surface area contributed by atoms with E-state index in [2.05, 4.69) is 56.9 Å². The van der Waals surface area contributed by atoms with Crippen molar-refractivity contribution in [2.45, 2.75) is 31.5 Å².